The van der Waals surface area contributed by atoms with Gasteiger partial charge in [-0.1, -0.05) is 6.07 Å². The predicted octanol–water partition coefficient (Wildman–Crippen LogP) is 1.71. The van der Waals surface area contributed by atoms with Crippen LogP contribution in [-0.2, 0) is 13.1 Å². The third-order valence-electron chi connectivity index (χ3n) is 3.07. The average molecular weight is 255 g/mol. The average Bonchev–Trinajstić information content (AvgIpc) is 3.04. The predicted molar refractivity (Wildman–Crippen MR) is 73.7 cm³/mol. The number of nitrogens with one attached hydrogen (secondary N) is 1. The highest BCUT2D eigenvalue weighted by Crippen LogP contribution is 2.04. The van der Waals surface area contributed by atoms with Crippen molar-refractivity contribution in [3.05, 3.63) is 54.7 Å². The second-order valence-electron chi connectivity index (χ2n) is 4.71. The van der Waals surface area contributed by atoms with Gasteiger partial charge < -0.3 is 9.72 Å². The highest BCUT2D eigenvalue weighted by molar-refractivity contribution is 5.39. The summed E-state index contributed by atoms with van der Waals surface area (Å²) in [6.45, 7) is 3.78. The lowest BCUT2D eigenvalue weighted by molar-refractivity contribution is 0.449. The number of imidazole rings is 1. The Bertz CT molecular complexity index is 608. The molecular formula is C14H17N5. The molecular weight excluding hydrogens is 238 g/mol. The first-order valence-electron chi connectivity index (χ1n) is 6.45. The molecule has 3 heterocycles. The Labute approximate surface area is 111 Å². The molecule has 0 fully saturated rings. The summed E-state index contributed by atoms with van der Waals surface area (Å²) in [5.74, 6) is 0. The zero-order chi connectivity index (χ0) is 13.1. The van der Waals surface area contributed by atoms with E-state index in [0.29, 0.717) is 6.04 Å². The van der Waals surface area contributed by atoms with Crippen LogP contribution in [0.1, 0.15) is 12.6 Å². The van der Waals surface area contributed by atoms with Crippen LogP contribution in [0, 0.1) is 0 Å². The Balaban J connectivity index is 1.59. The van der Waals surface area contributed by atoms with Gasteiger partial charge in [0, 0.05) is 37.4 Å². The van der Waals surface area contributed by atoms with Crippen LogP contribution in [0.2, 0.25) is 0 Å². The highest BCUT2D eigenvalue weighted by atomic mass is 15.3. The summed E-state index contributed by atoms with van der Waals surface area (Å²) in [5, 5.41) is 7.66. The second-order valence-corrected chi connectivity index (χ2v) is 4.71. The van der Waals surface area contributed by atoms with Crippen molar-refractivity contribution in [1.82, 2.24) is 24.5 Å². The van der Waals surface area contributed by atoms with E-state index in [4.69, 9.17) is 0 Å². The third-order valence-corrected chi connectivity index (χ3v) is 3.07. The van der Waals surface area contributed by atoms with Crippen molar-refractivity contribution in [1.29, 1.82) is 0 Å². The zero-order valence-electron chi connectivity index (χ0n) is 10.9. The molecule has 0 bridgehead atoms. The van der Waals surface area contributed by atoms with E-state index < -0.39 is 0 Å². The molecule has 0 aliphatic heterocycles. The highest BCUT2D eigenvalue weighted by Gasteiger charge is 2.05. The summed E-state index contributed by atoms with van der Waals surface area (Å²) in [6, 6.07) is 8.31. The Morgan fingerprint density at radius 2 is 2.21 bits per heavy atom. The Hall–Kier alpha value is -2.14. The number of pyridine rings is 1. The molecule has 1 unspecified atom stereocenters. The largest absolute Gasteiger partial charge is 0.307 e. The van der Waals surface area contributed by atoms with Crippen molar-refractivity contribution in [3.8, 4) is 0 Å². The van der Waals surface area contributed by atoms with Crippen LogP contribution in [0.3, 0.4) is 0 Å². The van der Waals surface area contributed by atoms with Gasteiger partial charge in [-0.2, -0.15) is 5.10 Å². The van der Waals surface area contributed by atoms with Crippen molar-refractivity contribution < 1.29 is 0 Å². The minimum absolute atomic E-state index is 0.352. The van der Waals surface area contributed by atoms with E-state index in [9.17, 15) is 0 Å². The van der Waals surface area contributed by atoms with Gasteiger partial charge in [0.1, 0.15) is 5.65 Å². The van der Waals surface area contributed by atoms with E-state index in [1.165, 1.54) is 0 Å². The molecule has 0 aliphatic rings. The maximum Gasteiger partial charge on any atom is 0.137 e. The SMILES string of the molecule is CC(Cn1cccn1)NCc1cn2ccccc2n1. The Kier molecular flexibility index (Phi) is 3.29. The zero-order valence-corrected chi connectivity index (χ0v) is 10.9. The van der Waals surface area contributed by atoms with Crippen molar-refractivity contribution in [2.45, 2.75) is 26.1 Å². The molecule has 0 spiro atoms. The van der Waals surface area contributed by atoms with E-state index in [2.05, 4.69) is 28.5 Å². The van der Waals surface area contributed by atoms with Crippen molar-refractivity contribution >= 4 is 5.65 Å². The summed E-state index contributed by atoms with van der Waals surface area (Å²) >= 11 is 0. The molecule has 1 atom stereocenters. The molecule has 3 rings (SSSR count). The molecule has 5 nitrogen and oxygen atoms in total. The molecule has 0 amide bonds. The van der Waals surface area contributed by atoms with Crippen LogP contribution >= 0.6 is 0 Å². The van der Waals surface area contributed by atoms with Gasteiger partial charge >= 0.3 is 0 Å². The summed E-state index contributed by atoms with van der Waals surface area (Å²) in [7, 11) is 0. The summed E-state index contributed by atoms with van der Waals surface area (Å²) in [5.41, 5.74) is 2.04. The van der Waals surface area contributed by atoms with E-state index in [1.807, 2.05) is 45.7 Å². The lowest BCUT2D eigenvalue weighted by Crippen LogP contribution is -2.30. The molecule has 98 valence electrons. The fourth-order valence-corrected chi connectivity index (χ4v) is 2.10. The van der Waals surface area contributed by atoms with E-state index in [1.54, 1.807) is 6.20 Å². The lowest BCUT2D eigenvalue weighted by Gasteiger charge is -2.12. The molecule has 3 aromatic heterocycles. The van der Waals surface area contributed by atoms with Crippen molar-refractivity contribution in [2.75, 3.05) is 0 Å². The number of hydrogen-bond acceptors (Lipinski definition) is 3. The van der Waals surface area contributed by atoms with Gasteiger partial charge in [-0.3, -0.25) is 4.68 Å². The number of nitrogens with zero attached hydrogens (tertiary/aromatic N) is 4. The molecule has 0 aromatic carbocycles. The third kappa shape index (κ3) is 2.82. The quantitative estimate of drug-likeness (QED) is 0.755. The van der Waals surface area contributed by atoms with Crippen LogP contribution in [0.4, 0.5) is 0 Å². The molecule has 19 heavy (non-hydrogen) atoms. The fraction of sp³-hybridized carbons (Fsp3) is 0.286. The number of aromatic nitrogens is 4. The van der Waals surface area contributed by atoms with Crippen molar-refractivity contribution in [3.63, 3.8) is 0 Å². The van der Waals surface area contributed by atoms with Crippen LogP contribution < -0.4 is 5.32 Å². The first-order valence-corrected chi connectivity index (χ1v) is 6.45. The summed E-state index contributed by atoms with van der Waals surface area (Å²) in [4.78, 5) is 4.56. The van der Waals surface area contributed by atoms with E-state index >= 15 is 0 Å². The van der Waals surface area contributed by atoms with E-state index in [0.717, 1.165) is 24.4 Å². The molecule has 0 radical (unpaired) electrons. The maximum absolute atomic E-state index is 4.56. The first-order chi connectivity index (χ1) is 9.31. The second kappa shape index (κ2) is 5.24. The topological polar surface area (TPSA) is 47.2 Å². The Morgan fingerprint density at radius 1 is 1.26 bits per heavy atom. The molecule has 0 aliphatic carbocycles. The molecule has 5 heteroatoms. The maximum atomic E-state index is 4.56. The van der Waals surface area contributed by atoms with Gasteiger partial charge in [0.25, 0.3) is 0 Å². The number of rotatable bonds is 5. The molecule has 0 saturated heterocycles. The normalized spacial score (nSPS) is 12.9. The molecule has 3 aromatic rings. The Morgan fingerprint density at radius 3 is 3.00 bits per heavy atom. The number of fused-ring (bicyclic) bond motifs is 1. The standard InChI is InChI=1S/C14H17N5/c1-12(10-19-8-4-6-16-19)15-9-13-11-18-7-3-2-5-14(18)17-13/h2-8,11-12,15H,9-10H2,1H3. The van der Waals surface area contributed by atoms with Gasteiger partial charge in [0.2, 0.25) is 0 Å². The van der Waals surface area contributed by atoms with Gasteiger partial charge in [0.15, 0.2) is 0 Å². The van der Waals surface area contributed by atoms with Gasteiger partial charge in [-0.15, -0.1) is 0 Å². The monoisotopic (exact) mass is 255 g/mol. The molecule has 1 N–H and O–H groups in total. The minimum atomic E-state index is 0.352. The minimum Gasteiger partial charge on any atom is -0.307 e. The van der Waals surface area contributed by atoms with Crippen LogP contribution in [0.25, 0.3) is 5.65 Å². The van der Waals surface area contributed by atoms with Crippen LogP contribution in [0.5, 0.6) is 0 Å². The van der Waals surface area contributed by atoms with Crippen LogP contribution in [0.15, 0.2) is 49.1 Å². The van der Waals surface area contributed by atoms with Gasteiger partial charge in [-0.25, -0.2) is 4.98 Å². The molecule has 0 saturated carbocycles. The van der Waals surface area contributed by atoms with Crippen molar-refractivity contribution in [2.24, 2.45) is 0 Å². The summed E-state index contributed by atoms with van der Waals surface area (Å²) < 4.78 is 3.97. The van der Waals surface area contributed by atoms with E-state index in [-0.39, 0.29) is 0 Å². The first kappa shape index (κ1) is 11.9. The number of hydrogen-bond donors (Lipinski definition) is 1. The van der Waals surface area contributed by atoms with Gasteiger partial charge in [0.05, 0.1) is 12.2 Å². The lowest BCUT2D eigenvalue weighted by atomic mass is 10.3. The smallest absolute Gasteiger partial charge is 0.137 e. The van der Waals surface area contributed by atoms with Crippen LogP contribution in [-0.4, -0.2) is 25.2 Å². The van der Waals surface area contributed by atoms with Gasteiger partial charge in [-0.05, 0) is 25.1 Å². The summed E-state index contributed by atoms with van der Waals surface area (Å²) in [6.07, 6.45) is 7.85. The fourth-order valence-electron chi connectivity index (χ4n) is 2.10.